The molecular formula is C10H16N2O8. The molecule has 0 aliphatic rings. The Kier molecular flexibility index (Phi) is 9.27. The highest BCUT2D eigenvalue weighted by Crippen LogP contribution is 2.03. The third kappa shape index (κ3) is 10.7. The summed E-state index contributed by atoms with van der Waals surface area (Å²) < 4.78 is 4.81. The molecule has 0 N–H and O–H groups in total. The molecule has 0 atom stereocenters. The van der Waals surface area contributed by atoms with Gasteiger partial charge in [-0.15, -0.1) is 20.2 Å². The minimum atomic E-state index is -1.21. The van der Waals surface area contributed by atoms with E-state index in [9.17, 15) is 25.0 Å². The summed E-state index contributed by atoms with van der Waals surface area (Å²) >= 11 is 0. The molecular weight excluding hydrogens is 276 g/mol. The Morgan fingerprint density at radius 1 is 1.20 bits per heavy atom. The monoisotopic (exact) mass is 292 g/mol. The number of esters is 1. The number of unbranched alkanes of at least 4 members (excludes halogenated alkanes) is 1. The van der Waals surface area contributed by atoms with Gasteiger partial charge in [0.15, 0.2) is 0 Å². The lowest BCUT2D eigenvalue weighted by molar-refractivity contribution is -0.768. The lowest BCUT2D eigenvalue weighted by Crippen LogP contribution is -2.30. The number of hydrogen-bond donors (Lipinski definition) is 0. The van der Waals surface area contributed by atoms with Gasteiger partial charge in [-0.3, -0.25) is 4.79 Å². The van der Waals surface area contributed by atoms with Crippen molar-refractivity contribution >= 4 is 5.97 Å². The summed E-state index contributed by atoms with van der Waals surface area (Å²) in [7, 11) is 0. The zero-order chi connectivity index (χ0) is 15.4. The fraction of sp³-hybridized carbons (Fsp3) is 0.700. The average Bonchev–Trinajstić information content (AvgIpc) is 2.37. The van der Waals surface area contributed by atoms with Gasteiger partial charge in [-0.05, 0) is 19.8 Å². The molecule has 0 radical (unpaired) electrons. The highest BCUT2D eigenvalue weighted by atomic mass is 17.0. The summed E-state index contributed by atoms with van der Waals surface area (Å²) in [6, 6.07) is 0. The van der Waals surface area contributed by atoms with Crippen LogP contribution in [-0.2, 0) is 19.2 Å². The molecule has 0 amide bonds. The maximum absolute atomic E-state index is 11.4. The first kappa shape index (κ1) is 17.6. The van der Waals surface area contributed by atoms with Crippen LogP contribution in [0.2, 0.25) is 0 Å². The van der Waals surface area contributed by atoms with Crippen LogP contribution in [-0.4, -0.2) is 35.5 Å². The quantitative estimate of drug-likeness (QED) is 0.181. The minimum absolute atomic E-state index is 0.0950. The van der Waals surface area contributed by atoms with Crippen molar-refractivity contribution in [1.29, 1.82) is 0 Å². The first-order chi connectivity index (χ1) is 9.45. The van der Waals surface area contributed by atoms with Crippen LogP contribution in [0.4, 0.5) is 0 Å². The Hall–Kier alpha value is -2.39. The van der Waals surface area contributed by atoms with Gasteiger partial charge in [0.2, 0.25) is 0 Å². The fourth-order valence-electron chi connectivity index (χ4n) is 1.18. The van der Waals surface area contributed by atoms with Crippen molar-refractivity contribution in [3.8, 4) is 0 Å². The number of carbonyl (C=O) groups excluding carboxylic acids is 1. The summed E-state index contributed by atoms with van der Waals surface area (Å²) in [6.45, 7) is 0.598. The maximum atomic E-state index is 11.4. The largest absolute Gasteiger partial charge is 0.458 e. The lowest BCUT2D eigenvalue weighted by atomic mass is 10.2. The van der Waals surface area contributed by atoms with Crippen LogP contribution in [0.25, 0.3) is 0 Å². The standard InChI is InChI=1S/C10H16N2O8/c1-2-3-4-5-6-10(13)20-9(7-18-11(14)15)8-19-12(16)17/h2-3,9H,4-8H2,1H3/b3-2-. The molecule has 0 aliphatic carbocycles. The van der Waals surface area contributed by atoms with Crippen LogP contribution in [0.15, 0.2) is 12.2 Å². The van der Waals surface area contributed by atoms with E-state index in [1.807, 2.05) is 19.1 Å². The van der Waals surface area contributed by atoms with Gasteiger partial charge >= 0.3 is 5.97 Å². The second kappa shape index (κ2) is 10.5. The van der Waals surface area contributed by atoms with Crippen LogP contribution in [0.5, 0.6) is 0 Å². The number of ether oxygens (including phenoxy) is 1. The molecule has 0 rings (SSSR count). The minimum Gasteiger partial charge on any atom is -0.458 e. The second-order valence-corrected chi connectivity index (χ2v) is 3.61. The highest BCUT2D eigenvalue weighted by molar-refractivity contribution is 5.69. The third-order valence-electron chi connectivity index (χ3n) is 2.02. The molecule has 114 valence electrons. The van der Waals surface area contributed by atoms with Gasteiger partial charge in [-0.25, -0.2) is 0 Å². The van der Waals surface area contributed by atoms with E-state index in [1.54, 1.807) is 0 Å². The summed E-state index contributed by atoms with van der Waals surface area (Å²) in [6.07, 6.45) is 3.83. The molecule has 0 aromatic rings. The van der Waals surface area contributed by atoms with Crippen molar-refractivity contribution in [2.45, 2.75) is 32.3 Å². The predicted octanol–water partition coefficient (Wildman–Crippen LogP) is 1.06. The van der Waals surface area contributed by atoms with E-state index in [-0.39, 0.29) is 6.42 Å². The number of rotatable bonds is 11. The third-order valence-corrected chi connectivity index (χ3v) is 2.02. The molecule has 0 saturated carbocycles. The van der Waals surface area contributed by atoms with E-state index in [4.69, 9.17) is 4.74 Å². The summed E-state index contributed by atoms with van der Waals surface area (Å²) in [4.78, 5) is 39.5. The molecule has 10 nitrogen and oxygen atoms in total. The van der Waals surface area contributed by atoms with Crippen molar-refractivity contribution in [1.82, 2.24) is 0 Å². The molecule has 20 heavy (non-hydrogen) atoms. The van der Waals surface area contributed by atoms with Crippen LogP contribution < -0.4 is 0 Å². The van der Waals surface area contributed by atoms with Gasteiger partial charge in [0, 0.05) is 6.42 Å². The number of allylic oxidation sites excluding steroid dienone is 2. The lowest BCUT2D eigenvalue weighted by Gasteiger charge is -2.15. The summed E-state index contributed by atoms with van der Waals surface area (Å²) in [5, 5.41) is 17.9. The first-order valence-corrected chi connectivity index (χ1v) is 5.81. The maximum Gasteiger partial charge on any atom is 0.306 e. The van der Waals surface area contributed by atoms with Crippen molar-refractivity contribution in [2.24, 2.45) is 0 Å². The molecule has 10 heteroatoms. The number of carbonyl (C=O) groups is 1. The van der Waals surface area contributed by atoms with Gasteiger partial charge in [0.05, 0.1) is 0 Å². The van der Waals surface area contributed by atoms with Gasteiger partial charge in [0.1, 0.15) is 19.3 Å². The SMILES string of the molecule is C/C=C\CCCC(=O)OC(CO[N+](=O)[O-])CO[N+](=O)[O-]. The van der Waals surface area contributed by atoms with Gasteiger partial charge in [0.25, 0.3) is 10.2 Å². The molecule has 0 bridgehead atoms. The Labute approximate surface area is 114 Å². The zero-order valence-corrected chi connectivity index (χ0v) is 10.9. The van der Waals surface area contributed by atoms with Gasteiger partial charge in [-0.2, -0.15) is 0 Å². The Morgan fingerprint density at radius 2 is 1.75 bits per heavy atom. The van der Waals surface area contributed by atoms with E-state index in [2.05, 4.69) is 9.68 Å². The van der Waals surface area contributed by atoms with E-state index in [1.165, 1.54) is 0 Å². The van der Waals surface area contributed by atoms with Crippen LogP contribution >= 0.6 is 0 Å². The fourth-order valence-corrected chi connectivity index (χ4v) is 1.18. The van der Waals surface area contributed by atoms with E-state index >= 15 is 0 Å². The highest BCUT2D eigenvalue weighted by Gasteiger charge is 2.18. The van der Waals surface area contributed by atoms with Gasteiger partial charge in [-0.1, -0.05) is 12.2 Å². The van der Waals surface area contributed by atoms with Crippen molar-refractivity contribution in [2.75, 3.05) is 13.2 Å². The summed E-state index contributed by atoms with van der Waals surface area (Å²) in [5.41, 5.74) is 0. The first-order valence-electron chi connectivity index (χ1n) is 5.81. The molecule has 0 aromatic heterocycles. The summed E-state index contributed by atoms with van der Waals surface area (Å²) in [5.74, 6) is -0.626. The van der Waals surface area contributed by atoms with Crippen molar-refractivity contribution in [3.63, 3.8) is 0 Å². The molecule has 0 aliphatic heterocycles. The molecule has 0 heterocycles. The zero-order valence-electron chi connectivity index (χ0n) is 10.9. The number of hydrogen-bond acceptors (Lipinski definition) is 8. The second-order valence-electron chi connectivity index (χ2n) is 3.61. The van der Waals surface area contributed by atoms with E-state index < -0.39 is 35.5 Å². The molecule has 0 unspecified atom stereocenters. The van der Waals surface area contributed by atoms with Crippen LogP contribution in [0.3, 0.4) is 0 Å². The molecule has 0 aromatic carbocycles. The van der Waals surface area contributed by atoms with Gasteiger partial charge < -0.3 is 14.4 Å². The van der Waals surface area contributed by atoms with E-state index in [0.29, 0.717) is 12.8 Å². The van der Waals surface area contributed by atoms with E-state index in [0.717, 1.165) is 0 Å². The smallest absolute Gasteiger partial charge is 0.306 e. The Bertz CT molecular complexity index is 339. The average molecular weight is 292 g/mol. The Balaban J connectivity index is 4.13. The molecule has 0 spiro atoms. The van der Waals surface area contributed by atoms with Crippen LogP contribution in [0, 0.1) is 20.2 Å². The molecule has 0 fully saturated rings. The van der Waals surface area contributed by atoms with Crippen LogP contribution in [0.1, 0.15) is 26.2 Å². The van der Waals surface area contributed by atoms with Crippen molar-refractivity contribution in [3.05, 3.63) is 32.4 Å². The normalized spacial score (nSPS) is 10.5. The Morgan fingerprint density at radius 3 is 2.20 bits per heavy atom. The predicted molar refractivity (Wildman–Crippen MR) is 64.4 cm³/mol. The topological polar surface area (TPSA) is 131 Å². The molecule has 0 saturated heterocycles. The number of nitrogens with zero attached hydrogens (tertiary/aromatic N) is 2. The van der Waals surface area contributed by atoms with Crippen molar-refractivity contribution < 1.29 is 29.4 Å².